The van der Waals surface area contributed by atoms with Crippen LogP contribution in [0.2, 0.25) is 0 Å². The van der Waals surface area contributed by atoms with Crippen LogP contribution < -0.4 is 25.3 Å². The van der Waals surface area contributed by atoms with Gasteiger partial charge >= 0.3 is 0 Å². The van der Waals surface area contributed by atoms with Gasteiger partial charge < -0.3 is 39.9 Å². The summed E-state index contributed by atoms with van der Waals surface area (Å²) in [5.41, 5.74) is 3.34. The van der Waals surface area contributed by atoms with Crippen molar-refractivity contribution < 1.29 is 27.9 Å². The smallest absolute Gasteiger partial charge is 0.284 e. The molecule has 3 amide bonds. The van der Waals surface area contributed by atoms with Crippen LogP contribution in [0, 0.1) is 23.2 Å². The van der Waals surface area contributed by atoms with Crippen molar-refractivity contribution in [1.82, 2.24) is 39.5 Å². The number of carbonyl (C=O) groups excluding carboxylic acids is 3. The van der Waals surface area contributed by atoms with E-state index >= 15 is 0 Å². The van der Waals surface area contributed by atoms with Crippen LogP contribution in [0.15, 0.2) is 55.1 Å². The van der Waals surface area contributed by atoms with E-state index in [1.165, 1.54) is 11.1 Å². The molecule has 0 bridgehead atoms. The maximum atomic E-state index is 14.4. The maximum Gasteiger partial charge on any atom is 0.284 e. The van der Waals surface area contributed by atoms with Crippen molar-refractivity contribution in [3.05, 3.63) is 72.0 Å². The Hall–Kier alpha value is -5.90. The van der Waals surface area contributed by atoms with Gasteiger partial charge in [-0.3, -0.25) is 19.1 Å². The van der Waals surface area contributed by atoms with Crippen LogP contribution in [0.25, 0.3) is 5.65 Å². The fourth-order valence-corrected chi connectivity index (χ4v) is 11.0. The first-order valence-electron chi connectivity index (χ1n) is 23.7. The van der Waals surface area contributed by atoms with E-state index in [4.69, 9.17) is 9.72 Å². The lowest BCUT2D eigenvalue weighted by molar-refractivity contribution is -0.124. The minimum atomic E-state index is -2.85. The number of likely N-dealkylation sites (tertiary alicyclic amines) is 2. The molecule has 1 saturated carbocycles. The number of allylic oxidation sites excluding steroid dienone is 1. The number of hydrogen-bond donors (Lipinski definition) is 2. The molecule has 18 heteroatoms. The lowest BCUT2D eigenvalue weighted by Crippen LogP contribution is -2.58. The Balaban J connectivity index is 0.740. The number of piperidine rings is 3. The molecule has 1 aliphatic carbocycles. The summed E-state index contributed by atoms with van der Waals surface area (Å²) >= 11 is 0. The van der Waals surface area contributed by atoms with E-state index in [9.17, 15) is 23.2 Å². The van der Waals surface area contributed by atoms with Gasteiger partial charge in [0.05, 0.1) is 41.0 Å². The molecular formula is C49H62F2N12O4. The number of amides is 3. The molecule has 16 nitrogen and oxygen atoms in total. The summed E-state index contributed by atoms with van der Waals surface area (Å²) < 4.78 is 38.1. The highest BCUT2D eigenvalue weighted by molar-refractivity contribution is 6.08. The zero-order chi connectivity index (χ0) is 46.8. The standard InChI is InChI=1S/C49H62F2N12O4/c1-33-10-15-41(48(66)53-33)61(32-64)40-9-5-7-35(44(40)57(2)3)8-6-26-67-37-16-21-59(22-17-37)28-34-11-13-36(14-12-34)63-29-39(43(56-63)45(50)51)54-47(65)38-27-52-62-23-18-42(55-46(38)62)60-24-19-49(20-25-60)30-58(4)31-49/h5,7,9,18,23,27,29,32,34,36-37,41,45H,1,10-17,19-22,24-26,28,30-31H2,2-4H3,(H,53,66)(H,54,65). The van der Waals surface area contributed by atoms with Gasteiger partial charge in [0, 0.05) is 78.0 Å². The largest absolute Gasteiger partial charge is 0.375 e. The fourth-order valence-electron chi connectivity index (χ4n) is 11.0. The van der Waals surface area contributed by atoms with E-state index in [2.05, 4.69) is 61.0 Å². The summed E-state index contributed by atoms with van der Waals surface area (Å²) in [4.78, 5) is 54.1. The second-order valence-electron chi connectivity index (χ2n) is 19.4. The summed E-state index contributed by atoms with van der Waals surface area (Å²) in [5, 5.41) is 14.1. The van der Waals surface area contributed by atoms with Crippen LogP contribution in [0.4, 0.5) is 31.7 Å². The Bertz CT molecular complexity index is 2520. The summed E-state index contributed by atoms with van der Waals surface area (Å²) in [6.45, 7) is 11.0. The van der Waals surface area contributed by atoms with Crippen molar-refractivity contribution in [3.63, 3.8) is 0 Å². The average Bonchev–Trinajstić information content (AvgIpc) is 3.94. The number of anilines is 4. The number of para-hydroxylation sites is 1. The second-order valence-corrected chi connectivity index (χ2v) is 19.4. The van der Waals surface area contributed by atoms with E-state index in [-0.39, 0.29) is 35.9 Å². The van der Waals surface area contributed by atoms with Crippen LogP contribution in [0.1, 0.15) is 98.3 Å². The van der Waals surface area contributed by atoms with Crippen LogP contribution in [-0.4, -0.2) is 138 Å². The summed E-state index contributed by atoms with van der Waals surface area (Å²) in [6, 6.07) is 6.83. The van der Waals surface area contributed by atoms with Crippen molar-refractivity contribution in [3.8, 4) is 11.8 Å². The van der Waals surface area contributed by atoms with E-state index in [1.807, 2.05) is 43.3 Å². The van der Waals surface area contributed by atoms with Gasteiger partial charge in [-0.1, -0.05) is 24.5 Å². The molecule has 1 spiro atoms. The molecule has 0 radical (unpaired) electrons. The number of rotatable bonds is 13. The van der Waals surface area contributed by atoms with Crippen LogP contribution in [0.3, 0.4) is 0 Å². The minimum Gasteiger partial charge on any atom is -0.375 e. The SMILES string of the molecule is C=C1CCC(N(C=O)c2cccc(C#CCOC3CCN(CC4CCC(n5cc(NC(=O)c6cnn7ccc(N8CCC9(CC8)CN(C)C9)nc67)c(C(F)F)n5)CC4)CC3)c2N(C)C)C(=O)N1. The van der Waals surface area contributed by atoms with Crippen molar-refractivity contribution in [1.29, 1.82) is 0 Å². The number of fused-ring (bicyclic) bond motifs is 1. The third-order valence-electron chi connectivity index (χ3n) is 14.5. The number of alkyl halides is 2. The number of halogens is 2. The quantitative estimate of drug-likeness (QED) is 0.125. The first-order chi connectivity index (χ1) is 32.4. The molecule has 1 atom stereocenters. The Morgan fingerprint density at radius 3 is 2.52 bits per heavy atom. The van der Waals surface area contributed by atoms with Gasteiger partial charge in [-0.15, -0.1) is 0 Å². The van der Waals surface area contributed by atoms with Crippen LogP contribution >= 0.6 is 0 Å². The molecule has 5 fully saturated rings. The first kappa shape index (κ1) is 46.2. The molecule has 356 valence electrons. The maximum absolute atomic E-state index is 14.4. The number of benzene rings is 1. The van der Waals surface area contributed by atoms with E-state index in [0.29, 0.717) is 47.6 Å². The van der Waals surface area contributed by atoms with Crippen molar-refractivity contribution in [2.45, 2.75) is 88.8 Å². The number of ether oxygens (including phenoxy) is 1. The van der Waals surface area contributed by atoms with Gasteiger partial charge in [-0.2, -0.15) is 10.2 Å². The van der Waals surface area contributed by atoms with Gasteiger partial charge in [0.25, 0.3) is 12.3 Å². The highest BCUT2D eigenvalue weighted by Crippen LogP contribution is 2.41. The molecule has 67 heavy (non-hydrogen) atoms. The molecule has 3 aromatic heterocycles. The van der Waals surface area contributed by atoms with E-state index in [0.717, 1.165) is 114 Å². The Morgan fingerprint density at radius 2 is 1.84 bits per heavy atom. The molecule has 4 aliphatic heterocycles. The normalized spacial score (nSPS) is 22.6. The van der Waals surface area contributed by atoms with Gasteiger partial charge in [0.2, 0.25) is 12.3 Å². The van der Waals surface area contributed by atoms with E-state index in [1.54, 1.807) is 21.6 Å². The average molecular weight is 921 g/mol. The van der Waals surface area contributed by atoms with Crippen LogP contribution in [0.5, 0.6) is 0 Å². The molecule has 2 N–H and O–H groups in total. The zero-order valence-corrected chi connectivity index (χ0v) is 38.8. The number of carbonyl (C=O) groups is 3. The van der Waals surface area contributed by atoms with Crippen molar-refractivity contribution in [2.75, 3.05) is 93.6 Å². The molecule has 9 rings (SSSR count). The lowest BCUT2D eigenvalue weighted by Gasteiger charge is -2.53. The molecule has 4 saturated heterocycles. The number of aromatic nitrogens is 5. The fraction of sp³-hybridized carbons (Fsp3) is 0.551. The van der Waals surface area contributed by atoms with Crippen molar-refractivity contribution in [2.24, 2.45) is 11.3 Å². The number of hydrogen-bond acceptors (Lipinski definition) is 11. The summed E-state index contributed by atoms with van der Waals surface area (Å²) in [6.07, 6.45) is 11.4. The van der Waals surface area contributed by atoms with E-state index < -0.39 is 24.1 Å². The minimum absolute atomic E-state index is 0.00730. The number of nitrogens with one attached hydrogen (secondary N) is 2. The van der Waals surface area contributed by atoms with Gasteiger partial charge in [-0.05, 0) is 101 Å². The molecule has 5 aliphatic rings. The number of nitrogens with zero attached hydrogens (tertiary/aromatic N) is 10. The lowest BCUT2D eigenvalue weighted by atomic mass is 9.72. The predicted octanol–water partition coefficient (Wildman–Crippen LogP) is 5.73. The molecule has 4 aromatic rings. The Labute approximate surface area is 390 Å². The zero-order valence-electron chi connectivity index (χ0n) is 38.8. The van der Waals surface area contributed by atoms with Gasteiger partial charge in [0.15, 0.2) is 11.3 Å². The monoisotopic (exact) mass is 920 g/mol. The summed E-state index contributed by atoms with van der Waals surface area (Å²) in [7, 11) is 5.94. The Kier molecular flexibility index (Phi) is 13.6. The van der Waals surface area contributed by atoms with Gasteiger partial charge in [-0.25, -0.2) is 18.3 Å². The topological polar surface area (TPSA) is 149 Å². The Morgan fingerprint density at radius 1 is 1.07 bits per heavy atom. The highest BCUT2D eigenvalue weighted by atomic mass is 19.3. The van der Waals surface area contributed by atoms with Crippen LogP contribution in [-0.2, 0) is 14.3 Å². The molecule has 7 heterocycles. The molecule has 1 aromatic carbocycles. The summed E-state index contributed by atoms with van der Waals surface area (Å²) in [5.74, 6) is 6.90. The first-order valence-corrected chi connectivity index (χ1v) is 23.7. The molecule has 1 unspecified atom stereocenters. The third-order valence-corrected chi connectivity index (χ3v) is 14.5. The third kappa shape index (κ3) is 10.0. The predicted molar refractivity (Wildman–Crippen MR) is 252 cm³/mol. The van der Waals surface area contributed by atoms with Gasteiger partial charge in [0.1, 0.15) is 24.0 Å². The molecular weight excluding hydrogens is 859 g/mol. The second kappa shape index (κ2) is 19.7. The van der Waals surface area contributed by atoms with Crippen molar-refractivity contribution >= 4 is 46.8 Å². The highest BCUT2D eigenvalue weighted by Gasteiger charge is 2.43.